The Labute approximate surface area is 128 Å². The van der Waals surface area contributed by atoms with Crippen LogP contribution in [0.4, 0.5) is 17.1 Å². The van der Waals surface area contributed by atoms with Gasteiger partial charge in [-0.25, -0.2) is 8.42 Å². The van der Waals surface area contributed by atoms with Gasteiger partial charge in [-0.05, 0) is 34.1 Å². The van der Waals surface area contributed by atoms with E-state index in [1.165, 1.54) is 30.6 Å². The summed E-state index contributed by atoms with van der Waals surface area (Å²) in [6, 6.07) is 4.73. The van der Waals surface area contributed by atoms with Crippen molar-refractivity contribution in [2.45, 2.75) is 4.90 Å². The summed E-state index contributed by atoms with van der Waals surface area (Å²) in [6.07, 6.45) is 2.83. The summed E-state index contributed by atoms with van der Waals surface area (Å²) < 4.78 is 27.2. The number of pyridine rings is 1. The molecule has 3 N–H and O–H groups in total. The smallest absolute Gasteiger partial charge is 0.293 e. The second-order valence-corrected chi connectivity index (χ2v) is 6.48. The van der Waals surface area contributed by atoms with Crippen molar-refractivity contribution in [3.63, 3.8) is 0 Å². The van der Waals surface area contributed by atoms with Gasteiger partial charge in [0.05, 0.1) is 20.0 Å². The van der Waals surface area contributed by atoms with Gasteiger partial charge in [-0.1, -0.05) is 0 Å². The number of aromatic nitrogens is 1. The maximum Gasteiger partial charge on any atom is 0.293 e. The third-order valence-corrected chi connectivity index (χ3v) is 4.52. The van der Waals surface area contributed by atoms with Crippen LogP contribution in [0.1, 0.15) is 0 Å². The fraction of sp³-hybridized carbons (Fsp3) is 0. The first-order valence-electron chi connectivity index (χ1n) is 5.47. The first kappa shape index (κ1) is 15.2. The van der Waals surface area contributed by atoms with Crippen LogP contribution in [-0.4, -0.2) is 18.3 Å². The quantitative estimate of drug-likeness (QED) is 0.480. The van der Waals surface area contributed by atoms with Crippen molar-refractivity contribution in [2.24, 2.45) is 0 Å². The number of hydrogen-bond acceptors (Lipinski definition) is 6. The number of halogens is 1. The minimum absolute atomic E-state index is 0.107. The molecule has 0 spiro atoms. The van der Waals surface area contributed by atoms with E-state index in [4.69, 9.17) is 5.73 Å². The van der Waals surface area contributed by atoms with Crippen LogP contribution >= 0.6 is 15.9 Å². The number of nitrogen functional groups attached to an aromatic ring is 1. The molecule has 0 saturated carbocycles. The second-order valence-electron chi connectivity index (χ2n) is 3.94. The number of rotatable bonds is 4. The van der Waals surface area contributed by atoms with E-state index in [1.807, 2.05) is 0 Å². The predicted molar refractivity (Wildman–Crippen MR) is 80.3 cm³/mol. The lowest BCUT2D eigenvalue weighted by Crippen LogP contribution is -2.14. The van der Waals surface area contributed by atoms with E-state index in [9.17, 15) is 18.5 Å². The van der Waals surface area contributed by atoms with Crippen LogP contribution in [-0.2, 0) is 10.0 Å². The lowest BCUT2D eigenvalue weighted by molar-refractivity contribution is -0.384. The van der Waals surface area contributed by atoms with Crippen LogP contribution < -0.4 is 10.5 Å². The van der Waals surface area contributed by atoms with Gasteiger partial charge in [-0.15, -0.1) is 0 Å². The molecule has 1 aromatic carbocycles. The number of nitrogens with one attached hydrogen (secondary N) is 1. The third kappa shape index (κ3) is 3.28. The number of nitro groups is 1. The Morgan fingerprint density at radius 1 is 1.33 bits per heavy atom. The largest absolute Gasteiger partial charge is 0.393 e. The van der Waals surface area contributed by atoms with Crippen molar-refractivity contribution in [1.29, 1.82) is 0 Å². The van der Waals surface area contributed by atoms with Crippen molar-refractivity contribution in [3.8, 4) is 0 Å². The molecule has 0 aliphatic carbocycles. The number of benzene rings is 1. The van der Waals surface area contributed by atoms with Crippen molar-refractivity contribution in [2.75, 3.05) is 10.5 Å². The fourth-order valence-electron chi connectivity index (χ4n) is 1.51. The van der Waals surface area contributed by atoms with Crippen LogP contribution in [0.2, 0.25) is 0 Å². The van der Waals surface area contributed by atoms with Crippen LogP contribution in [0.25, 0.3) is 0 Å². The standard InChI is InChI=1S/C11H9BrN4O4S/c12-8-6-14-4-3-10(8)15-21(19,20)7-1-2-9(13)11(5-7)16(17)18/h1-6H,13H2,(H,14,15). The molecule has 2 rings (SSSR count). The molecule has 0 fully saturated rings. The molecular formula is C11H9BrN4O4S. The van der Waals surface area contributed by atoms with E-state index in [2.05, 4.69) is 25.6 Å². The molecule has 0 saturated heterocycles. The Kier molecular flexibility index (Phi) is 4.09. The minimum atomic E-state index is -3.98. The molecule has 0 aliphatic rings. The van der Waals surface area contributed by atoms with Crippen LogP contribution in [0, 0.1) is 10.1 Å². The number of hydrogen-bond donors (Lipinski definition) is 2. The Balaban J connectivity index is 2.43. The Hall–Kier alpha value is -2.20. The number of nitrogens with zero attached hydrogens (tertiary/aromatic N) is 2. The summed E-state index contributed by atoms with van der Waals surface area (Å²) >= 11 is 3.15. The molecule has 21 heavy (non-hydrogen) atoms. The molecule has 1 heterocycles. The van der Waals surface area contributed by atoms with Crippen molar-refractivity contribution < 1.29 is 13.3 Å². The van der Waals surface area contributed by atoms with Crippen LogP contribution in [0.5, 0.6) is 0 Å². The lowest BCUT2D eigenvalue weighted by atomic mass is 10.3. The lowest BCUT2D eigenvalue weighted by Gasteiger charge is -2.09. The third-order valence-electron chi connectivity index (χ3n) is 2.53. The molecule has 0 amide bonds. The molecule has 0 atom stereocenters. The van der Waals surface area contributed by atoms with Gasteiger partial charge >= 0.3 is 0 Å². The summed E-state index contributed by atoms with van der Waals surface area (Å²) in [5.74, 6) is 0. The van der Waals surface area contributed by atoms with E-state index in [0.29, 0.717) is 4.47 Å². The number of sulfonamides is 1. The summed E-state index contributed by atoms with van der Waals surface area (Å²) in [7, 11) is -3.98. The molecule has 0 radical (unpaired) electrons. The SMILES string of the molecule is Nc1ccc(S(=O)(=O)Nc2ccncc2Br)cc1[N+](=O)[O-]. The first-order valence-corrected chi connectivity index (χ1v) is 7.75. The highest BCUT2D eigenvalue weighted by Crippen LogP contribution is 2.27. The first-order chi connectivity index (χ1) is 9.81. The summed E-state index contributed by atoms with van der Waals surface area (Å²) in [5.41, 5.74) is 5.13. The normalized spacial score (nSPS) is 11.1. The van der Waals surface area contributed by atoms with Crippen LogP contribution in [0.3, 0.4) is 0 Å². The molecule has 0 unspecified atom stereocenters. The van der Waals surface area contributed by atoms with Gasteiger partial charge in [0.15, 0.2) is 0 Å². The Morgan fingerprint density at radius 2 is 2.05 bits per heavy atom. The van der Waals surface area contributed by atoms with E-state index < -0.39 is 20.6 Å². The number of nitrogens with two attached hydrogens (primary N) is 1. The Bertz CT molecular complexity index is 810. The zero-order chi connectivity index (χ0) is 15.6. The van der Waals surface area contributed by atoms with Gasteiger partial charge in [0.2, 0.25) is 0 Å². The molecule has 1 aromatic heterocycles. The topological polar surface area (TPSA) is 128 Å². The van der Waals surface area contributed by atoms with Gasteiger partial charge in [0.25, 0.3) is 15.7 Å². The van der Waals surface area contributed by atoms with Crippen LogP contribution in [0.15, 0.2) is 46.0 Å². The van der Waals surface area contributed by atoms with Crippen molar-refractivity contribution in [3.05, 3.63) is 51.2 Å². The highest BCUT2D eigenvalue weighted by Gasteiger charge is 2.21. The zero-order valence-electron chi connectivity index (χ0n) is 10.4. The minimum Gasteiger partial charge on any atom is -0.393 e. The maximum absolute atomic E-state index is 12.2. The monoisotopic (exact) mass is 372 g/mol. The van der Waals surface area contributed by atoms with Gasteiger partial charge in [0, 0.05) is 18.5 Å². The van der Waals surface area contributed by atoms with Gasteiger partial charge < -0.3 is 5.73 Å². The number of nitro benzene ring substituents is 1. The van der Waals surface area contributed by atoms with Gasteiger partial charge in [-0.3, -0.25) is 19.8 Å². The highest BCUT2D eigenvalue weighted by molar-refractivity contribution is 9.10. The molecule has 0 aliphatic heterocycles. The molecule has 10 heteroatoms. The van der Waals surface area contributed by atoms with Gasteiger partial charge in [-0.2, -0.15) is 0 Å². The average molecular weight is 373 g/mol. The zero-order valence-corrected chi connectivity index (χ0v) is 12.8. The van der Waals surface area contributed by atoms with E-state index in [0.717, 1.165) is 6.07 Å². The van der Waals surface area contributed by atoms with E-state index in [-0.39, 0.29) is 16.3 Å². The average Bonchev–Trinajstić information content (AvgIpc) is 2.41. The second kappa shape index (κ2) is 5.66. The molecular weight excluding hydrogens is 364 g/mol. The summed E-state index contributed by atoms with van der Waals surface area (Å²) in [4.78, 5) is 13.6. The van der Waals surface area contributed by atoms with Gasteiger partial charge in [0.1, 0.15) is 5.69 Å². The molecule has 8 nitrogen and oxygen atoms in total. The summed E-state index contributed by atoms with van der Waals surface area (Å²) in [6.45, 7) is 0. The Morgan fingerprint density at radius 3 is 2.67 bits per heavy atom. The number of anilines is 2. The maximum atomic E-state index is 12.2. The highest BCUT2D eigenvalue weighted by atomic mass is 79.9. The van der Waals surface area contributed by atoms with Crippen molar-refractivity contribution in [1.82, 2.24) is 4.98 Å². The van der Waals surface area contributed by atoms with Crippen molar-refractivity contribution >= 4 is 43.0 Å². The molecule has 0 bridgehead atoms. The van der Waals surface area contributed by atoms with E-state index >= 15 is 0 Å². The predicted octanol–water partition coefficient (Wildman–Crippen LogP) is 2.14. The molecule has 110 valence electrons. The molecule has 2 aromatic rings. The van der Waals surface area contributed by atoms with E-state index in [1.54, 1.807) is 0 Å². The fourth-order valence-corrected chi connectivity index (χ4v) is 3.09. The summed E-state index contributed by atoms with van der Waals surface area (Å²) in [5, 5.41) is 10.8.